The van der Waals surface area contributed by atoms with Gasteiger partial charge in [-0.1, -0.05) is 15.9 Å². The summed E-state index contributed by atoms with van der Waals surface area (Å²) in [7, 11) is -1.58. The van der Waals surface area contributed by atoms with Crippen LogP contribution in [0.5, 0.6) is 5.88 Å². The highest BCUT2D eigenvalue weighted by molar-refractivity contribution is 9.10. The second-order valence-electron chi connectivity index (χ2n) is 2.32. The van der Waals surface area contributed by atoms with Gasteiger partial charge in [-0.05, 0) is 13.0 Å². The van der Waals surface area contributed by atoms with Crippen molar-refractivity contribution in [1.82, 2.24) is 4.98 Å². The molecule has 0 aliphatic carbocycles. The zero-order valence-electron chi connectivity index (χ0n) is 7.07. The predicted molar refractivity (Wildman–Crippen MR) is 52.9 cm³/mol. The molecular weight excluding hydrogens is 237 g/mol. The van der Waals surface area contributed by atoms with E-state index in [-0.39, 0.29) is 11.3 Å². The summed E-state index contributed by atoms with van der Waals surface area (Å²) >= 11 is 3.18. The van der Waals surface area contributed by atoms with Gasteiger partial charge in [-0.15, -0.1) is 0 Å². The summed E-state index contributed by atoms with van der Waals surface area (Å²) in [5, 5.41) is 18.0. The predicted octanol–water partition coefficient (Wildman–Crippen LogP) is -0.0774. The maximum atomic E-state index is 9.02. The number of hydrogen-bond donors (Lipinski definition) is 2. The molecule has 0 aliphatic heterocycles. The van der Waals surface area contributed by atoms with Crippen LogP contribution in [-0.4, -0.2) is 28.8 Å². The Hall–Kier alpha value is -0.585. The number of pyridine rings is 1. The van der Waals surface area contributed by atoms with Crippen molar-refractivity contribution >= 4 is 28.5 Å². The maximum Gasteiger partial charge on any atom is 0.495 e. The summed E-state index contributed by atoms with van der Waals surface area (Å²) in [6, 6.07) is 1.62. The highest BCUT2D eigenvalue weighted by Crippen LogP contribution is 2.12. The highest BCUT2D eigenvalue weighted by atomic mass is 79.9. The Kier molecular flexibility index (Phi) is 3.71. The van der Waals surface area contributed by atoms with Crippen LogP contribution in [0.1, 0.15) is 6.92 Å². The van der Waals surface area contributed by atoms with Crippen molar-refractivity contribution in [3.63, 3.8) is 0 Å². The van der Waals surface area contributed by atoms with Gasteiger partial charge in [0.2, 0.25) is 5.88 Å². The number of nitrogens with zero attached hydrogens (tertiary/aromatic N) is 1. The monoisotopic (exact) mass is 245 g/mol. The van der Waals surface area contributed by atoms with Crippen molar-refractivity contribution < 1.29 is 14.8 Å². The lowest BCUT2D eigenvalue weighted by Gasteiger charge is -2.09. The van der Waals surface area contributed by atoms with E-state index in [1.807, 2.05) is 0 Å². The first-order valence-electron chi connectivity index (χ1n) is 3.80. The summed E-state index contributed by atoms with van der Waals surface area (Å²) < 4.78 is 5.69. The molecule has 0 aromatic carbocycles. The summed E-state index contributed by atoms with van der Waals surface area (Å²) in [6.45, 7) is 2.24. The quantitative estimate of drug-likeness (QED) is 0.732. The molecule has 0 bridgehead atoms. The van der Waals surface area contributed by atoms with E-state index < -0.39 is 7.12 Å². The third-order valence-electron chi connectivity index (χ3n) is 1.44. The van der Waals surface area contributed by atoms with E-state index in [0.29, 0.717) is 11.1 Å². The van der Waals surface area contributed by atoms with Gasteiger partial charge in [0.25, 0.3) is 0 Å². The minimum absolute atomic E-state index is 0.242. The largest absolute Gasteiger partial charge is 0.495 e. The molecule has 6 heteroatoms. The molecule has 0 saturated heterocycles. The fraction of sp³-hybridized carbons (Fsp3) is 0.286. The van der Waals surface area contributed by atoms with Crippen molar-refractivity contribution in [2.45, 2.75) is 6.92 Å². The molecule has 70 valence electrons. The van der Waals surface area contributed by atoms with Crippen LogP contribution in [0.15, 0.2) is 16.7 Å². The van der Waals surface area contributed by atoms with Crippen molar-refractivity contribution in [3.8, 4) is 5.88 Å². The second-order valence-corrected chi connectivity index (χ2v) is 3.17. The first kappa shape index (κ1) is 10.5. The van der Waals surface area contributed by atoms with Crippen molar-refractivity contribution in [2.75, 3.05) is 6.61 Å². The first-order chi connectivity index (χ1) is 6.16. The molecule has 0 radical (unpaired) electrons. The molecule has 0 aliphatic rings. The van der Waals surface area contributed by atoms with E-state index >= 15 is 0 Å². The molecule has 0 fully saturated rings. The molecule has 0 amide bonds. The summed E-state index contributed by atoms with van der Waals surface area (Å²) in [6.07, 6.45) is 1.53. The molecule has 4 nitrogen and oxygen atoms in total. The molecule has 0 atom stereocenters. The van der Waals surface area contributed by atoms with Gasteiger partial charge in [-0.2, -0.15) is 0 Å². The van der Waals surface area contributed by atoms with Gasteiger partial charge in [-0.25, -0.2) is 4.98 Å². The van der Waals surface area contributed by atoms with Crippen LogP contribution < -0.4 is 10.2 Å². The van der Waals surface area contributed by atoms with E-state index in [4.69, 9.17) is 14.8 Å². The third kappa shape index (κ3) is 2.43. The van der Waals surface area contributed by atoms with E-state index in [0.717, 1.165) is 0 Å². The standard InChI is InChI=1S/C7H9BBrNO3/c1-2-13-7-6(8(11)12)5(9)3-4-10-7/h3-4,11-12H,2H2,1H3. The highest BCUT2D eigenvalue weighted by Gasteiger charge is 2.21. The van der Waals surface area contributed by atoms with Crippen LogP contribution in [-0.2, 0) is 0 Å². The molecular formula is C7H9BBrNO3. The Morgan fingerprint density at radius 2 is 2.31 bits per heavy atom. The van der Waals surface area contributed by atoms with Crippen LogP contribution in [0.2, 0.25) is 0 Å². The van der Waals surface area contributed by atoms with Gasteiger partial charge in [0.1, 0.15) is 0 Å². The van der Waals surface area contributed by atoms with Gasteiger partial charge >= 0.3 is 7.12 Å². The maximum absolute atomic E-state index is 9.02. The molecule has 1 aromatic heterocycles. The van der Waals surface area contributed by atoms with Crippen LogP contribution >= 0.6 is 15.9 Å². The number of rotatable bonds is 3. The average Bonchev–Trinajstić information content (AvgIpc) is 2.04. The Morgan fingerprint density at radius 1 is 1.62 bits per heavy atom. The van der Waals surface area contributed by atoms with Crippen molar-refractivity contribution in [1.29, 1.82) is 0 Å². The van der Waals surface area contributed by atoms with Gasteiger partial charge < -0.3 is 14.8 Å². The van der Waals surface area contributed by atoms with Gasteiger partial charge in [0.15, 0.2) is 0 Å². The lowest BCUT2D eigenvalue weighted by molar-refractivity contribution is 0.326. The Labute approximate surface area is 84.8 Å². The lowest BCUT2D eigenvalue weighted by Crippen LogP contribution is -2.33. The SMILES string of the molecule is CCOc1nccc(Br)c1B(O)O. The van der Waals surface area contributed by atoms with E-state index in [1.54, 1.807) is 13.0 Å². The summed E-state index contributed by atoms with van der Waals surface area (Å²) in [5.74, 6) is 0.242. The summed E-state index contributed by atoms with van der Waals surface area (Å²) in [5.41, 5.74) is 0.254. The number of aromatic nitrogens is 1. The Morgan fingerprint density at radius 3 is 2.85 bits per heavy atom. The molecule has 0 spiro atoms. The molecule has 1 heterocycles. The van der Waals surface area contributed by atoms with E-state index in [1.165, 1.54) is 6.20 Å². The fourth-order valence-electron chi connectivity index (χ4n) is 0.917. The number of hydrogen-bond acceptors (Lipinski definition) is 4. The first-order valence-corrected chi connectivity index (χ1v) is 4.59. The number of ether oxygens (including phenoxy) is 1. The zero-order chi connectivity index (χ0) is 9.84. The topological polar surface area (TPSA) is 62.6 Å². The van der Waals surface area contributed by atoms with Crippen molar-refractivity contribution in [3.05, 3.63) is 16.7 Å². The fourth-order valence-corrected chi connectivity index (χ4v) is 1.41. The van der Waals surface area contributed by atoms with Gasteiger partial charge in [-0.3, -0.25) is 0 Å². The van der Waals surface area contributed by atoms with Crippen LogP contribution in [0.25, 0.3) is 0 Å². The van der Waals surface area contributed by atoms with Crippen LogP contribution in [0.3, 0.4) is 0 Å². The Balaban J connectivity index is 3.10. The molecule has 1 aromatic rings. The van der Waals surface area contributed by atoms with E-state index in [2.05, 4.69) is 20.9 Å². The van der Waals surface area contributed by atoms with Gasteiger partial charge in [0.05, 0.1) is 12.1 Å². The molecule has 0 unspecified atom stereocenters. The van der Waals surface area contributed by atoms with Gasteiger partial charge in [0, 0.05) is 10.7 Å². The Bertz CT molecular complexity index is 295. The molecule has 2 N–H and O–H groups in total. The number of halogens is 1. The lowest BCUT2D eigenvalue weighted by atomic mass is 9.81. The minimum atomic E-state index is -1.58. The second kappa shape index (κ2) is 4.60. The smallest absolute Gasteiger partial charge is 0.478 e. The summed E-state index contributed by atoms with van der Waals surface area (Å²) in [4.78, 5) is 3.88. The van der Waals surface area contributed by atoms with Crippen LogP contribution in [0, 0.1) is 0 Å². The zero-order valence-corrected chi connectivity index (χ0v) is 8.65. The molecule has 1 rings (SSSR count). The average molecular weight is 246 g/mol. The third-order valence-corrected chi connectivity index (χ3v) is 2.13. The van der Waals surface area contributed by atoms with Crippen LogP contribution in [0.4, 0.5) is 0 Å². The molecule has 13 heavy (non-hydrogen) atoms. The van der Waals surface area contributed by atoms with Crippen molar-refractivity contribution in [2.24, 2.45) is 0 Å². The molecule has 0 saturated carbocycles. The minimum Gasteiger partial charge on any atom is -0.478 e. The normalized spacial score (nSPS) is 9.85. The van der Waals surface area contributed by atoms with E-state index in [9.17, 15) is 0 Å².